The first-order valence-electron chi connectivity index (χ1n) is 30.8. The number of hydrogen-bond acceptors (Lipinski definition) is 10. The Hall–Kier alpha value is -13.4. The van der Waals surface area contributed by atoms with Crippen molar-refractivity contribution in [1.29, 1.82) is 10.5 Å². The Morgan fingerprint density at radius 3 is 1.14 bits per heavy atom. The number of benzene rings is 12. The summed E-state index contributed by atoms with van der Waals surface area (Å²) in [5.41, 5.74) is 19.5. The minimum absolute atomic E-state index is 0.343. The molecule has 434 valence electrons. The molecule has 0 amide bonds. The van der Waals surface area contributed by atoms with Crippen molar-refractivity contribution in [2.24, 2.45) is 0 Å². The van der Waals surface area contributed by atoms with E-state index >= 15 is 0 Å². The number of para-hydroxylation sites is 2. The predicted molar refractivity (Wildman–Crippen MR) is 375 cm³/mol. The van der Waals surface area contributed by atoms with E-state index in [-0.39, 0.29) is 6.71 Å². The van der Waals surface area contributed by atoms with Crippen LogP contribution in [0, 0.1) is 29.2 Å². The van der Waals surface area contributed by atoms with Gasteiger partial charge in [-0.25, -0.2) is 34.7 Å². The smallest absolute Gasteiger partial charge is 0.252 e. The highest BCUT2D eigenvalue weighted by molar-refractivity contribution is 7.00. The molecule has 0 fully saturated rings. The second kappa shape index (κ2) is 22.6. The van der Waals surface area contributed by atoms with Crippen LogP contribution in [0.25, 0.3) is 112 Å². The number of rotatable bonds is 10. The average molecular weight is 1200 g/mol. The van der Waals surface area contributed by atoms with Crippen molar-refractivity contribution in [3.63, 3.8) is 0 Å². The molecule has 2 aliphatic heterocycles. The molecule has 12 aromatic carbocycles. The van der Waals surface area contributed by atoms with Gasteiger partial charge in [-0.3, -0.25) is 0 Å². The summed E-state index contributed by atoms with van der Waals surface area (Å²) in [6.45, 7) is 8.02. The highest BCUT2D eigenvalue weighted by Crippen LogP contribution is 2.48. The van der Waals surface area contributed by atoms with Gasteiger partial charge in [0.25, 0.3) is 6.71 Å². The van der Waals surface area contributed by atoms with Crippen LogP contribution in [0.1, 0.15) is 11.1 Å². The van der Waals surface area contributed by atoms with Gasteiger partial charge >= 0.3 is 0 Å². The number of hydrogen-bond donors (Lipinski definition) is 0. The zero-order chi connectivity index (χ0) is 62.8. The molecule has 13 heteroatoms. The van der Waals surface area contributed by atoms with Gasteiger partial charge in [-0.2, -0.15) is 10.5 Å². The fourth-order valence-electron chi connectivity index (χ4n) is 13.5. The second-order valence-corrected chi connectivity index (χ2v) is 23.2. The summed E-state index contributed by atoms with van der Waals surface area (Å²) in [5, 5.41) is 22.9. The van der Waals surface area contributed by atoms with Gasteiger partial charge < -0.3 is 14.4 Å². The molecule has 0 saturated carbocycles. The van der Waals surface area contributed by atoms with Crippen molar-refractivity contribution in [2.45, 2.75) is 0 Å². The molecule has 17 rings (SSSR count). The fraction of sp³-hybridized carbons (Fsp3) is 0. The standard InChI is InChI=1S/C81H47BN12/c1-85-60-36-41-70(65(48-60)81-90-78(55-24-12-4-13-25-55)87-79(91-81)56-26-14-5-15-27-56)94-68-39-34-57(44-63(68)64-45-58(35-40-69(64)94)80-88-76(53-20-8-2-9-21-53)86-77(89-80)54-22-10-3-11-23-54)59-46-73-75-74(47-59)93(62-30-18-7-19-31-62)72-38-33-52(50-84)43-67(72)82(75)66-42-51(49-83)32-37-71(66)92(73)61-28-16-6-17-29-61/h2-48H. The lowest BCUT2D eigenvalue weighted by Crippen LogP contribution is -2.61. The van der Waals surface area contributed by atoms with Gasteiger partial charge in [0.15, 0.2) is 40.6 Å². The molecule has 0 atom stereocenters. The summed E-state index contributed by atoms with van der Waals surface area (Å²) in [7, 11) is 0. The molecular weight excluding hydrogens is 1150 g/mol. The molecule has 5 heterocycles. The Morgan fingerprint density at radius 2 is 0.713 bits per heavy atom. The van der Waals surface area contributed by atoms with Gasteiger partial charge in [0.05, 0.1) is 46.6 Å². The molecule has 12 nitrogen and oxygen atoms in total. The molecule has 2 aliphatic rings. The van der Waals surface area contributed by atoms with Gasteiger partial charge in [0.1, 0.15) is 0 Å². The van der Waals surface area contributed by atoms with E-state index in [9.17, 15) is 10.5 Å². The van der Waals surface area contributed by atoms with Crippen molar-refractivity contribution in [2.75, 3.05) is 9.80 Å². The molecule has 0 spiro atoms. The van der Waals surface area contributed by atoms with Gasteiger partial charge in [0, 0.05) is 78.3 Å². The lowest BCUT2D eigenvalue weighted by Gasteiger charge is -2.44. The van der Waals surface area contributed by atoms with Crippen LogP contribution in [0.15, 0.2) is 285 Å². The monoisotopic (exact) mass is 1200 g/mol. The van der Waals surface area contributed by atoms with Crippen molar-refractivity contribution in [3.05, 3.63) is 308 Å². The average Bonchev–Trinajstić information content (AvgIpc) is 0.726. The molecule has 0 radical (unpaired) electrons. The van der Waals surface area contributed by atoms with E-state index in [0.717, 1.165) is 117 Å². The van der Waals surface area contributed by atoms with Crippen LogP contribution in [0.3, 0.4) is 0 Å². The number of fused-ring (bicyclic) bond motifs is 7. The third-order valence-electron chi connectivity index (χ3n) is 17.7. The minimum atomic E-state index is -0.343. The maximum Gasteiger partial charge on any atom is 0.252 e. The Morgan fingerprint density at radius 1 is 0.330 bits per heavy atom. The first kappa shape index (κ1) is 54.7. The Kier molecular flexibility index (Phi) is 13.1. The SMILES string of the molecule is [C-]#[N+]c1ccc(-n2c3ccc(-c4cc5c6c(c4)N(c4ccccc4)c4ccc(C#N)cc4B6c4cc(C#N)ccc4N5c4ccccc4)cc3c3cc(-c4nc(-c5ccccc5)nc(-c5ccccc5)n4)ccc32)c(-c2nc(-c3ccccc3)nc(-c3ccccc3)n2)c1. The number of anilines is 6. The first-order valence-corrected chi connectivity index (χ1v) is 30.8. The summed E-state index contributed by atoms with van der Waals surface area (Å²) in [6, 6.07) is 101. The van der Waals surface area contributed by atoms with E-state index in [1.165, 1.54) is 0 Å². The van der Waals surface area contributed by atoms with Crippen molar-refractivity contribution >= 4 is 84.7 Å². The first-order chi connectivity index (χ1) is 46.4. The number of nitriles is 2. The van der Waals surface area contributed by atoms with Gasteiger partial charge in [-0.1, -0.05) is 170 Å². The van der Waals surface area contributed by atoms with E-state index in [4.69, 9.17) is 36.5 Å². The molecule has 0 saturated heterocycles. The van der Waals surface area contributed by atoms with Gasteiger partial charge in [0.2, 0.25) is 0 Å². The fourth-order valence-corrected chi connectivity index (χ4v) is 13.5. The minimum Gasteiger partial charge on any atom is -0.311 e. The topological polar surface area (TPSA) is 141 Å². The Labute approximate surface area is 541 Å². The largest absolute Gasteiger partial charge is 0.311 e. The molecule has 3 aromatic heterocycles. The molecule has 94 heavy (non-hydrogen) atoms. The van der Waals surface area contributed by atoms with E-state index < -0.39 is 0 Å². The summed E-state index contributed by atoms with van der Waals surface area (Å²) < 4.78 is 2.25. The summed E-state index contributed by atoms with van der Waals surface area (Å²) >= 11 is 0. The lowest BCUT2D eigenvalue weighted by atomic mass is 9.33. The van der Waals surface area contributed by atoms with Gasteiger partial charge in [-0.05, 0) is 143 Å². The third-order valence-corrected chi connectivity index (χ3v) is 17.7. The van der Waals surface area contributed by atoms with Crippen LogP contribution in [0.5, 0.6) is 0 Å². The van der Waals surface area contributed by atoms with E-state index in [1.54, 1.807) is 0 Å². The van der Waals surface area contributed by atoms with E-state index in [0.29, 0.717) is 57.3 Å². The van der Waals surface area contributed by atoms with Crippen LogP contribution in [0.4, 0.5) is 39.8 Å². The molecule has 15 aromatic rings. The van der Waals surface area contributed by atoms with Crippen LogP contribution >= 0.6 is 0 Å². The van der Waals surface area contributed by atoms with Crippen LogP contribution in [-0.2, 0) is 0 Å². The van der Waals surface area contributed by atoms with Gasteiger partial charge in [-0.15, -0.1) is 0 Å². The maximum atomic E-state index is 10.5. The van der Waals surface area contributed by atoms with Crippen molar-refractivity contribution < 1.29 is 0 Å². The summed E-state index contributed by atoms with van der Waals surface area (Å²) in [4.78, 5) is 39.6. The highest BCUT2D eigenvalue weighted by Gasteiger charge is 2.44. The normalized spacial score (nSPS) is 11.9. The zero-order valence-corrected chi connectivity index (χ0v) is 50.1. The number of nitrogens with zero attached hydrogens (tertiary/aromatic N) is 12. The molecular formula is C81H47BN12. The van der Waals surface area contributed by atoms with Crippen molar-refractivity contribution in [1.82, 2.24) is 34.5 Å². The Balaban J connectivity index is 0.942. The van der Waals surface area contributed by atoms with Crippen LogP contribution in [0.2, 0.25) is 0 Å². The summed E-state index contributed by atoms with van der Waals surface area (Å²) in [6.07, 6.45) is 0. The molecule has 0 bridgehead atoms. The lowest BCUT2D eigenvalue weighted by molar-refractivity contribution is 1.06. The highest BCUT2D eigenvalue weighted by atomic mass is 15.2. The predicted octanol–water partition coefficient (Wildman–Crippen LogP) is 17.2. The van der Waals surface area contributed by atoms with E-state index in [2.05, 4.69) is 141 Å². The van der Waals surface area contributed by atoms with Crippen molar-refractivity contribution in [3.8, 4) is 97.3 Å². The van der Waals surface area contributed by atoms with Crippen LogP contribution < -0.4 is 26.2 Å². The maximum absolute atomic E-state index is 10.5. The summed E-state index contributed by atoms with van der Waals surface area (Å²) in [5.74, 6) is 3.02. The quantitative estimate of drug-likeness (QED) is 0.0960. The number of aromatic nitrogens is 7. The zero-order valence-electron chi connectivity index (χ0n) is 50.1. The molecule has 0 unspecified atom stereocenters. The third kappa shape index (κ3) is 9.30. The van der Waals surface area contributed by atoms with E-state index in [1.807, 2.05) is 176 Å². The second-order valence-electron chi connectivity index (χ2n) is 23.2. The molecule has 0 N–H and O–H groups in total. The Bertz CT molecular complexity index is 5420. The molecule has 0 aliphatic carbocycles. The van der Waals surface area contributed by atoms with Crippen LogP contribution in [-0.4, -0.2) is 41.2 Å².